The van der Waals surface area contributed by atoms with E-state index in [-0.39, 0.29) is 34.3 Å². The van der Waals surface area contributed by atoms with Crippen molar-refractivity contribution in [1.82, 2.24) is 0 Å². The maximum absolute atomic E-state index is 12.8. The zero-order valence-corrected chi connectivity index (χ0v) is 23.8. The molecule has 2 aliphatic heterocycles. The number of carbonyl (C=O) groups is 2. The number of anilines is 6. The second-order valence-corrected chi connectivity index (χ2v) is 12.0. The molecule has 10 heteroatoms. The van der Waals surface area contributed by atoms with E-state index in [4.69, 9.17) is 0 Å². The van der Waals surface area contributed by atoms with Crippen molar-refractivity contribution in [3.05, 3.63) is 83.9 Å². The summed E-state index contributed by atoms with van der Waals surface area (Å²) in [6.45, 7) is 4.11. The number of thioether (sulfide) groups is 2. The first-order chi connectivity index (χ1) is 19.4. The molecule has 0 radical (unpaired) electrons. The third-order valence-electron chi connectivity index (χ3n) is 6.73. The molecule has 0 saturated heterocycles. The third kappa shape index (κ3) is 5.78. The molecule has 6 rings (SSSR count). The summed E-state index contributed by atoms with van der Waals surface area (Å²) in [7, 11) is 0. The minimum absolute atomic E-state index is 0.0670. The fourth-order valence-electron chi connectivity index (χ4n) is 4.83. The molecule has 8 nitrogen and oxygen atoms in total. The van der Waals surface area contributed by atoms with E-state index in [2.05, 4.69) is 70.0 Å². The average molecular weight is 571 g/mol. The lowest BCUT2D eigenvalue weighted by Gasteiger charge is -2.15. The van der Waals surface area contributed by atoms with Crippen molar-refractivity contribution in [1.29, 1.82) is 0 Å². The smallest absolute Gasteiger partial charge is 0.234 e. The monoisotopic (exact) mass is 570 g/mol. The van der Waals surface area contributed by atoms with Crippen LogP contribution >= 0.6 is 23.5 Å². The Morgan fingerprint density at radius 3 is 1.50 bits per heavy atom. The molecule has 4 aromatic carbocycles. The first-order valence-corrected chi connectivity index (χ1v) is 15.1. The van der Waals surface area contributed by atoms with Crippen LogP contribution in [0.5, 0.6) is 0 Å². The fourth-order valence-corrected chi connectivity index (χ4v) is 6.45. The average Bonchev–Trinajstić information content (AvgIpc) is 3.54. The Labute approximate surface area is 241 Å². The zero-order valence-electron chi connectivity index (χ0n) is 22.1. The van der Waals surface area contributed by atoms with Gasteiger partial charge in [-0.25, -0.2) is 0 Å². The molecule has 0 bridgehead atoms. The lowest BCUT2D eigenvalue weighted by molar-refractivity contribution is -0.114. The molecular formula is C30H30N6O2S2. The first-order valence-electron chi connectivity index (χ1n) is 13.0. The Balaban J connectivity index is 1.04. The van der Waals surface area contributed by atoms with Crippen LogP contribution in [-0.4, -0.2) is 34.3 Å². The minimum atomic E-state index is -0.0909. The van der Waals surface area contributed by atoms with Crippen molar-refractivity contribution in [2.24, 2.45) is 0 Å². The molecule has 2 unspecified atom stereocenters. The molecule has 4 aromatic rings. The summed E-state index contributed by atoms with van der Waals surface area (Å²) in [5.41, 5.74) is 7.86. The maximum atomic E-state index is 12.8. The largest absolute Gasteiger partial charge is 0.355 e. The molecule has 2 heterocycles. The van der Waals surface area contributed by atoms with Crippen LogP contribution in [-0.2, 0) is 9.59 Å². The highest BCUT2D eigenvalue weighted by molar-refractivity contribution is 8.01. The summed E-state index contributed by atoms with van der Waals surface area (Å²) >= 11 is 3.00. The Morgan fingerprint density at radius 1 is 0.625 bits per heavy atom. The Hall–Kier alpha value is -4.02. The number of nitrogens with one attached hydrogen (secondary N) is 6. The second-order valence-electron chi connectivity index (χ2n) is 9.86. The van der Waals surface area contributed by atoms with Gasteiger partial charge in [0.15, 0.2) is 0 Å². The van der Waals surface area contributed by atoms with Gasteiger partial charge in [0.05, 0.1) is 34.3 Å². The number of fused-ring (bicyclic) bond motifs is 3. The van der Waals surface area contributed by atoms with Gasteiger partial charge in [-0.1, -0.05) is 36.4 Å². The Morgan fingerprint density at radius 2 is 1.05 bits per heavy atom. The SMILES string of the molecule is Cc1ccc2c(c1)NC(SCC(=O)Nc1cccc3c(NC(=O)CSC4Nc5ccc(C)cc5N4)cccc13)N2. The lowest BCUT2D eigenvalue weighted by Crippen LogP contribution is -2.23. The Kier molecular flexibility index (Phi) is 7.36. The number of benzene rings is 4. The number of hydrogen-bond acceptors (Lipinski definition) is 8. The van der Waals surface area contributed by atoms with Gasteiger partial charge in [-0.05, 0) is 61.4 Å². The quantitative estimate of drug-likeness (QED) is 0.144. The molecule has 0 spiro atoms. The molecule has 0 aromatic heterocycles. The molecular weight excluding hydrogens is 541 g/mol. The van der Waals surface area contributed by atoms with Gasteiger partial charge in [0.1, 0.15) is 11.0 Å². The van der Waals surface area contributed by atoms with E-state index in [1.807, 2.05) is 48.5 Å². The fraction of sp³-hybridized carbons (Fsp3) is 0.200. The number of rotatable bonds is 8. The predicted molar refractivity (Wildman–Crippen MR) is 171 cm³/mol. The molecule has 2 atom stereocenters. The van der Waals surface area contributed by atoms with E-state index in [1.54, 1.807) is 0 Å². The topological polar surface area (TPSA) is 106 Å². The van der Waals surface area contributed by atoms with Crippen molar-refractivity contribution < 1.29 is 9.59 Å². The second kappa shape index (κ2) is 11.2. The highest BCUT2D eigenvalue weighted by atomic mass is 32.2. The van der Waals surface area contributed by atoms with Crippen LogP contribution in [0.25, 0.3) is 10.8 Å². The number of amides is 2. The summed E-state index contributed by atoms with van der Waals surface area (Å²) < 4.78 is 0. The van der Waals surface area contributed by atoms with Crippen molar-refractivity contribution >= 4 is 80.2 Å². The van der Waals surface area contributed by atoms with Crippen LogP contribution in [0, 0.1) is 13.8 Å². The van der Waals surface area contributed by atoms with E-state index in [0.29, 0.717) is 11.4 Å². The Bertz CT molecular complexity index is 1490. The third-order valence-corrected chi connectivity index (χ3v) is 8.72. The van der Waals surface area contributed by atoms with Crippen LogP contribution in [0.3, 0.4) is 0 Å². The molecule has 204 valence electrons. The first kappa shape index (κ1) is 26.2. The summed E-state index contributed by atoms with van der Waals surface area (Å²) in [5, 5.41) is 21.4. The van der Waals surface area contributed by atoms with Gasteiger partial charge in [0.2, 0.25) is 11.8 Å². The lowest BCUT2D eigenvalue weighted by atomic mass is 10.1. The van der Waals surface area contributed by atoms with Crippen molar-refractivity contribution in [3.8, 4) is 0 Å². The molecule has 0 aliphatic carbocycles. The highest BCUT2D eigenvalue weighted by Gasteiger charge is 2.22. The van der Waals surface area contributed by atoms with Crippen LogP contribution < -0.4 is 31.9 Å². The van der Waals surface area contributed by atoms with Crippen molar-refractivity contribution in [2.45, 2.75) is 24.8 Å². The van der Waals surface area contributed by atoms with Gasteiger partial charge in [0.25, 0.3) is 0 Å². The summed E-state index contributed by atoms with van der Waals surface area (Å²) in [5.74, 6) is 0.390. The van der Waals surface area contributed by atoms with Crippen molar-refractivity contribution in [3.63, 3.8) is 0 Å². The van der Waals surface area contributed by atoms with Gasteiger partial charge in [0, 0.05) is 22.1 Å². The molecule has 2 amide bonds. The molecule has 0 fully saturated rings. The van der Waals surface area contributed by atoms with Gasteiger partial charge in [-0.2, -0.15) is 0 Å². The molecule has 6 N–H and O–H groups in total. The highest BCUT2D eigenvalue weighted by Crippen LogP contribution is 2.35. The van der Waals surface area contributed by atoms with Gasteiger partial charge < -0.3 is 31.9 Å². The van der Waals surface area contributed by atoms with E-state index in [9.17, 15) is 9.59 Å². The normalized spacial score (nSPS) is 16.6. The summed E-state index contributed by atoms with van der Waals surface area (Å²) in [6.07, 6.45) is 0. The van der Waals surface area contributed by atoms with Crippen LogP contribution in [0.15, 0.2) is 72.8 Å². The maximum Gasteiger partial charge on any atom is 0.234 e. The summed E-state index contributed by atoms with van der Waals surface area (Å²) in [6, 6.07) is 23.9. The van der Waals surface area contributed by atoms with E-state index in [0.717, 1.165) is 33.5 Å². The zero-order chi connectivity index (χ0) is 27.6. The van der Waals surface area contributed by atoms with Crippen LogP contribution in [0.1, 0.15) is 11.1 Å². The van der Waals surface area contributed by atoms with Gasteiger partial charge in [-0.3, -0.25) is 9.59 Å². The van der Waals surface area contributed by atoms with E-state index < -0.39 is 0 Å². The minimum Gasteiger partial charge on any atom is -0.355 e. The molecule has 0 saturated carbocycles. The van der Waals surface area contributed by atoms with E-state index in [1.165, 1.54) is 34.7 Å². The number of aryl methyl sites for hydroxylation is 2. The van der Waals surface area contributed by atoms with Crippen LogP contribution in [0.2, 0.25) is 0 Å². The number of carbonyl (C=O) groups excluding carboxylic acids is 2. The summed E-state index contributed by atoms with van der Waals surface area (Å²) in [4.78, 5) is 25.7. The van der Waals surface area contributed by atoms with Crippen molar-refractivity contribution in [2.75, 3.05) is 43.4 Å². The van der Waals surface area contributed by atoms with Crippen LogP contribution in [0.4, 0.5) is 34.1 Å². The standard InChI is InChI=1S/C30H30N6O2S2/c1-17-9-11-23-25(13-17)35-29(33-23)39-15-27(37)31-21-7-3-6-20-19(21)5-4-8-22(20)32-28(38)16-40-30-34-24-12-10-18(2)14-26(24)36-30/h3-14,29-30,33-36H,15-16H2,1-2H3,(H,31,37)(H,32,38). The molecule has 2 aliphatic rings. The van der Waals surface area contributed by atoms with Gasteiger partial charge >= 0.3 is 0 Å². The molecule has 40 heavy (non-hydrogen) atoms. The van der Waals surface area contributed by atoms with E-state index >= 15 is 0 Å². The predicted octanol–water partition coefficient (Wildman–Crippen LogP) is 6.44. The number of hydrogen-bond donors (Lipinski definition) is 6. The van der Waals surface area contributed by atoms with Gasteiger partial charge in [-0.15, -0.1) is 23.5 Å².